The zero-order chi connectivity index (χ0) is 17.0. The van der Waals surface area contributed by atoms with Crippen LogP contribution in [-0.4, -0.2) is 25.6 Å². The van der Waals surface area contributed by atoms with Crippen molar-refractivity contribution in [2.75, 3.05) is 19.7 Å². The van der Waals surface area contributed by atoms with E-state index in [2.05, 4.69) is 15.2 Å². The van der Waals surface area contributed by atoms with Gasteiger partial charge >= 0.3 is 6.36 Å². The molecule has 0 amide bonds. The summed E-state index contributed by atoms with van der Waals surface area (Å²) in [7, 11) is 2.85. The Balaban J connectivity index is 2.39. The first-order valence-electron chi connectivity index (χ1n) is 6.54. The van der Waals surface area contributed by atoms with E-state index in [-0.39, 0.29) is 11.5 Å². The van der Waals surface area contributed by atoms with Gasteiger partial charge in [0.25, 0.3) is 0 Å². The van der Waals surface area contributed by atoms with E-state index in [0.29, 0.717) is 16.9 Å². The summed E-state index contributed by atoms with van der Waals surface area (Å²) in [4.78, 5) is 9.09. The van der Waals surface area contributed by atoms with E-state index >= 15 is 0 Å². The molecule has 0 radical (unpaired) electrons. The second-order valence-electron chi connectivity index (χ2n) is 4.61. The summed E-state index contributed by atoms with van der Waals surface area (Å²) in [6, 6.07) is 5.66. The van der Waals surface area contributed by atoms with E-state index in [1.807, 2.05) is 6.92 Å². The smallest absolute Gasteiger partial charge is 0.496 e. The Bertz CT molecular complexity index is 690. The average molecular weight is 328 g/mol. The largest absolute Gasteiger partial charge is 0.573 e. The predicted octanol–water partition coefficient (Wildman–Crippen LogP) is 3.94. The molecule has 23 heavy (non-hydrogen) atoms. The van der Waals surface area contributed by atoms with Crippen molar-refractivity contribution in [1.82, 2.24) is 4.98 Å². The molecule has 0 saturated carbocycles. The first-order chi connectivity index (χ1) is 10.8. The first kappa shape index (κ1) is 16.9. The van der Waals surface area contributed by atoms with Crippen molar-refractivity contribution in [3.63, 3.8) is 0 Å². The molecule has 1 aromatic carbocycles. The van der Waals surface area contributed by atoms with Crippen molar-refractivity contribution in [3.05, 3.63) is 36.0 Å². The summed E-state index contributed by atoms with van der Waals surface area (Å²) in [5.74, 6) is -0.122. The number of methoxy groups -OCH3 is 1. The highest BCUT2D eigenvalue weighted by Gasteiger charge is 2.31. The number of halogens is 3. The van der Waals surface area contributed by atoms with Crippen LogP contribution in [0.2, 0.25) is 0 Å². The first-order valence-corrected chi connectivity index (χ1v) is 6.54. The average Bonchev–Trinajstić information content (AvgIpc) is 2.46. The minimum atomic E-state index is -4.76. The quantitative estimate of drug-likeness (QED) is 0.843. The Hall–Kier alpha value is -2.48. The van der Waals surface area contributed by atoms with E-state index in [9.17, 15) is 13.2 Å². The van der Waals surface area contributed by atoms with E-state index in [1.54, 1.807) is 12.3 Å². The van der Waals surface area contributed by atoms with Crippen molar-refractivity contribution >= 4 is 5.69 Å². The van der Waals surface area contributed by atoms with Crippen molar-refractivity contribution in [2.24, 2.45) is 0 Å². The number of aryl methyl sites for hydroxylation is 1. The van der Waals surface area contributed by atoms with Crippen molar-refractivity contribution in [3.8, 4) is 22.8 Å². The van der Waals surface area contributed by atoms with Gasteiger partial charge in [0.05, 0.1) is 31.8 Å². The molecule has 0 bridgehead atoms. The molecular formula is C15H15F3N2O3. The lowest BCUT2D eigenvalue weighted by molar-refractivity contribution is -0.274. The van der Waals surface area contributed by atoms with Crippen molar-refractivity contribution in [2.45, 2.75) is 13.3 Å². The van der Waals surface area contributed by atoms with Gasteiger partial charge in [0.1, 0.15) is 11.5 Å². The van der Waals surface area contributed by atoms with Gasteiger partial charge < -0.3 is 9.47 Å². The number of nitrogens with zero attached hydrogens (tertiary/aromatic N) is 1. The van der Waals surface area contributed by atoms with Gasteiger partial charge in [-0.3, -0.25) is 15.3 Å². The predicted molar refractivity (Wildman–Crippen MR) is 78.3 cm³/mol. The third kappa shape index (κ3) is 4.26. The van der Waals surface area contributed by atoms with Crippen LogP contribution in [-0.2, 0) is 4.84 Å². The lowest BCUT2D eigenvalue weighted by Gasteiger charge is -2.14. The van der Waals surface area contributed by atoms with Gasteiger partial charge in [0.2, 0.25) is 0 Å². The Morgan fingerprint density at radius 1 is 1.13 bits per heavy atom. The minimum Gasteiger partial charge on any atom is -0.496 e. The topological polar surface area (TPSA) is 52.6 Å². The zero-order valence-corrected chi connectivity index (χ0v) is 12.7. The molecule has 0 aliphatic heterocycles. The summed E-state index contributed by atoms with van der Waals surface area (Å²) >= 11 is 0. The highest BCUT2D eigenvalue weighted by Crippen LogP contribution is 2.35. The third-order valence-electron chi connectivity index (χ3n) is 2.96. The monoisotopic (exact) mass is 328 g/mol. The van der Waals surface area contributed by atoms with Gasteiger partial charge in [0, 0.05) is 11.6 Å². The van der Waals surface area contributed by atoms with Crippen LogP contribution in [0.25, 0.3) is 11.3 Å². The number of alkyl halides is 3. The van der Waals surface area contributed by atoms with Crippen LogP contribution >= 0.6 is 0 Å². The number of nitrogens with one attached hydrogen (secondary N) is 1. The fraction of sp³-hybridized carbons (Fsp3) is 0.267. The summed E-state index contributed by atoms with van der Waals surface area (Å²) in [6.07, 6.45) is -3.21. The fourth-order valence-corrected chi connectivity index (χ4v) is 2.09. The lowest BCUT2D eigenvalue weighted by Crippen LogP contribution is -2.17. The van der Waals surface area contributed by atoms with Gasteiger partial charge in [-0.25, -0.2) is 0 Å². The van der Waals surface area contributed by atoms with Crippen molar-refractivity contribution in [1.29, 1.82) is 0 Å². The molecule has 0 aliphatic rings. The standard InChI is InChI=1S/C15H15F3N2O3/c1-9-6-10(20-22-3)8-19-14(9)12-5-4-11(7-13(12)21-2)23-15(16,17)18/h4-8,20H,1-3H3. The number of hydrogen-bond acceptors (Lipinski definition) is 5. The number of aromatic nitrogens is 1. The maximum atomic E-state index is 12.3. The number of ether oxygens (including phenoxy) is 2. The molecular weight excluding hydrogens is 313 g/mol. The number of rotatable bonds is 5. The molecule has 1 N–H and O–H groups in total. The Labute approximate surface area is 131 Å². The number of anilines is 1. The van der Waals surface area contributed by atoms with Crippen LogP contribution in [0.15, 0.2) is 30.5 Å². The van der Waals surface area contributed by atoms with Gasteiger partial charge in [-0.05, 0) is 30.7 Å². The number of benzene rings is 1. The molecule has 8 heteroatoms. The second-order valence-corrected chi connectivity index (χ2v) is 4.61. The maximum Gasteiger partial charge on any atom is 0.573 e. The highest BCUT2D eigenvalue weighted by atomic mass is 19.4. The molecule has 124 valence electrons. The minimum absolute atomic E-state index is 0.231. The zero-order valence-electron chi connectivity index (χ0n) is 12.7. The molecule has 1 aromatic heterocycles. The number of hydrogen-bond donors (Lipinski definition) is 1. The number of pyridine rings is 1. The molecule has 2 rings (SSSR count). The second kappa shape index (κ2) is 6.74. The molecule has 0 saturated heterocycles. The van der Waals surface area contributed by atoms with Crippen molar-refractivity contribution < 1.29 is 27.5 Å². The van der Waals surface area contributed by atoms with Gasteiger partial charge in [-0.15, -0.1) is 13.2 Å². The molecule has 5 nitrogen and oxygen atoms in total. The summed E-state index contributed by atoms with van der Waals surface area (Å²) < 4.78 is 45.9. The molecule has 0 fully saturated rings. The maximum absolute atomic E-state index is 12.3. The molecule has 2 aromatic rings. The normalized spacial score (nSPS) is 11.2. The van der Waals surface area contributed by atoms with Crippen LogP contribution < -0.4 is 15.0 Å². The molecule has 1 heterocycles. The Morgan fingerprint density at radius 3 is 2.43 bits per heavy atom. The third-order valence-corrected chi connectivity index (χ3v) is 2.96. The molecule has 0 spiro atoms. The van der Waals surface area contributed by atoms with Gasteiger partial charge in [-0.2, -0.15) is 0 Å². The van der Waals surface area contributed by atoms with Crippen LogP contribution in [0.4, 0.5) is 18.9 Å². The SMILES string of the molecule is CONc1cnc(-c2ccc(OC(F)(F)F)cc2OC)c(C)c1. The fourth-order valence-electron chi connectivity index (χ4n) is 2.09. The lowest BCUT2D eigenvalue weighted by atomic mass is 10.1. The molecule has 0 unspecified atom stereocenters. The van der Waals surface area contributed by atoms with Gasteiger partial charge in [-0.1, -0.05) is 0 Å². The van der Waals surface area contributed by atoms with Crippen LogP contribution in [0, 0.1) is 6.92 Å². The summed E-state index contributed by atoms with van der Waals surface area (Å²) in [6.45, 7) is 1.82. The molecule has 0 aliphatic carbocycles. The van der Waals surface area contributed by atoms with E-state index in [4.69, 9.17) is 9.57 Å². The van der Waals surface area contributed by atoms with E-state index < -0.39 is 6.36 Å². The Kier molecular flexibility index (Phi) is 4.95. The van der Waals surface area contributed by atoms with E-state index in [0.717, 1.165) is 5.56 Å². The van der Waals surface area contributed by atoms with Gasteiger partial charge in [0.15, 0.2) is 0 Å². The van der Waals surface area contributed by atoms with Crippen LogP contribution in [0.1, 0.15) is 5.56 Å². The van der Waals surface area contributed by atoms with Crippen LogP contribution in [0.3, 0.4) is 0 Å². The van der Waals surface area contributed by atoms with Crippen LogP contribution in [0.5, 0.6) is 11.5 Å². The summed E-state index contributed by atoms with van der Waals surface area (Å²) in [5, 5.41) is 0. The highest BCUT2D eigenvalue weighted by molar-refractivity contribution is 5.72. The molecule has 0 atom stereocenters. The summed E-state index contributed by atoms with van der Waals surface area (Å²) in [5.41, 5.74) is 5.25. The Morgan fingerprint density at radius 2 is 1.87 bits per heavy atom. The van der Waals surface area contributed by atoms with E-state index in [1.165, 1.54) is 32.4 Å².